The molecule has 64 valence electrons. The second kappa shape index (κ2) is 2.20. The van der Waals surface area contributed by atoms with E-state index in [0.29, 0.717) is 11.0 Å². The van der Waals surface area contributed by atoms with Gasteiger partial charge < -0.3 is 11.1 Å². The molecule has 0 saturated heterocycles. The van der Waals surface area contributed by atoms with Crippen LogP contribution in [0.5, 0.6) is 0 Å². The quantitative estimate of drug-likeness (QED) is 0.630. The molecule has 2 aliphatic carbocycles. The normalized spacial score (nSPS) is 30.0. The highest BCUT2D eigenvalue weighted by atomic mass is 15.1. The minimum atomic E-state index is 0.520. The van der Waals surface area contributed by atoms with Crippen LogP contribution < -0.4 is 11.1 Å². The zero-order valence-corrected chi connectivity index (χ0v) is 7.32. The van der Waals surface area contributed by atoms with Gasteiger partial charge in [-0.2, -0.15) is 0 Å². The Kier molecular flexibility index (Phi) is 1.52. The molecule has 2 heteroatoms. The first kappa shape index (κ1) is 7.56. The van der Waals surface area contributed by atoms with Crippen molar-refractivity contribution in [3.63, 3.8) is 0 Å². The lowest BCUT2D eigenvalue weighted by molar-refractivity contribution is 0.338. The number of rotatable bonds is 4. The Bertz CT molecular complexity index is 157. The number of hydrogen-bond donors (Lipinski definition) is 2. The van der Waals surface area contributed by atoms with Gasteiger partial charge in [-0.15, -0.1) is 0 Å². The third-order valence-corrected chi connectivity index (χ3v) is 3.51. The second-order valence-electron chi connectivity index (χ2n) is 4.36. The summed E-state index contributed by atoms with van der Waals surface area (Å²) < 4.78 is 0. The molecule has 0 radical (unpaired) electrons. The minimum absolute atomic E-state index is 0.520. The van der Waals surface area contributed by atoms with Gasteiger partial charge in [0.25, 0.3) is 0 Å². The summed E-state index contributed by atoms with van der Waals surface area (Å²) in [6.07, 6.45) is 5.60. The van der Waals surface area contributed by atoms with Crippen LogP contribution in [0.4, 0.5) is 0 Å². The largest absolute Gasteiger partial charge is 0.329 e. The van der Waals surface area contributed by atoms with E-state index in [0.717, 1.165) is 13.1 Å². The van der Waals surface area contributed by atoms with Crippen LogP contribution in [0.15, 0.2) is 0 Å². The predicted molar refractivity (Wildman–Crippen MR) is 46.4 cm³/mol. The maximum Gasteiger partial charge on any atom is 0.0237 e. The van der Waals surface area contributed by atoms with E-state index in [2.05, 4.69) is 12.2 Å². The Morgan fingerprint density at radius 3 is 2.27 bits per heavy atom. The maximum absolute atomic E-state index is 5.46. The highest BCUT2D eigenvalue weighted by Gasteiger charge is 2.61. The molecule has 0 aromatic rings. The average Bonchev–Trinajstić information content (AvgIpc) is 2.81. The molecular formula is C9H18N2. The molecule has 2 nitrogen and oxygen atoms in total. The maximum atomic E-state index is 5.46. The average molecular weight is 154 g/mol. The van der Waals surface area contributed by atoms with Crippen molar-refractivity contribution in [3.8, 4) is 0 Å². The van der Waals surface area contributed by atoms with Gasteiger partial charge in [0.2, 0.25) is 0 Å². The molecule has 0 heterocycles. The number of hydrogen-bond acceptors (Lipinski definition) is 2. The monoisotopic (exact) mass is 154 g/mol. The summed E-state index contributed by atoms with van der Waals surface area (Å²) >= 11 is 0. The molecule has 2 saturated carbocycles. The van der Waals surface area contributed by atoms with Gasteiger partial charge in [-0.3, -0.25) is 0 Å². The Balaban J connectivity index is 1.89. The number of nitrogens with two attached hydrogens (primary N) is 1. The summed E-state index contributed by atoms with van der Waals surface area (Å²) in [4.78, 5) is 0. The molecule has 11 heavy (non-hydrogen) atoms. The van der Waals surface area contributed by atoms with Gasteiger partial charge in [0.1, 0.15) is 0 Å². The summed E-state index contributed by atoms with van der Waals surface area (Å²) in [5, 5.41) is 3.60. The highest BCUT2D eigenvalue weighted by Crippen LogP contribution is 2.63. The van der Waals surface area contributed by atoms with Crippen molar-refractivity contribution in [1.82, 2.24) is 5.32 Å². The summed E-state index contributed by atoms with van der Waals surface area (Å²) in [7, 11) is 0. The molecule has 0 bridgehead atoms. The van der Waals surface area contributed by atoms with Gasteiger partial charge in [0.05, 0.1) is 0 Å². The molecule has 0 amide bonds. The van der Waals surface area contributed by atoms with Crippen molar-refractivity contribution >= 4 is 0 Å². The van der Waals surface area contributed by atoms with Crippen molar-refractivity contribution < 1.29 is 0 Å². The van der Waals surface area contributed by atoms with E-state index in [9.17, 15) is 0 Å². The standard InChI is InChI=1S/C9H18N2/c1-8(2-3-8)9(4-5-9)11-7-6-10/h11H,2-7,10H2,1H3. The molecule has 0 aliphatic heterocycles. The van der Waals surface area contributed by atoms with Crippen LogP contribution >= 0.6 is 0 Å². The van der Waals surface area contributed by atoms with Crippen LogP contribution in [0, 0.1) is 5.41 Å². The van der Waals surface area contributed by atoms with E-state index in [1.165, 1.54) is 25.7 Å². The Morgan fingerprint density at radius 1 is 1.27 bits per heavy atom. The fourth-order valence-electron chi connectivity index (χ4n) is 2.10. The molecule has 3 N–H and O–H groups in total. The van der Waals surface area contributed by atoms with E-state index >= 15 is 0 Å². The lowest BCUT2D eigenvalue weighted by Gasteiger charge is -2.23. The van der Waals surface area contributed by atoms with Crippen LogP contribution in [0.25, 0.3) is 0 Å². The lowest BCUT2D eigenvalue weighted by atomic mass is 9.96. The Morgan fingerprint density at radius 2 is 1.91 bits per heavy atom. The summed E-state index contributed by atoms with van der Waals surface area (Å²) in [6.45, 7) is 4.18. The van der Waals surface area contributed by atoms with Gasteiger partial charge in [0, 0.05) is 18.6 Å². The predicted octanol–water partition coefficient (Wildman–Crippen LogP) is 0.867. The molecule has 2 rings (SSSR count). The molecule has 0 aromatic heterocycles. The van der Waals surface area contributed by atoms with Crippen LogP contribution in [0.1, 0.15) is 32.6 Å². The lowest BCUT2D eigenvalue weighted by Crippen LogP contribution is -2.41. The van der Waals surface area contributed by atoms with Gasteiger partial charge in [-0.05, 0) is 31.1 Å². The third-order valence-electron chi connectivity index (χ3n) is 3.51. The molecular weight excluding hydrogens is 136 g/mol. The Hall–Kier alpha value is -0.0800. The van der Waals surface area contributed by atoms with E-state index < -0.39 is 0 Å². The summed E-state index contributed by atoms with van der Waals surface area (Å²) in [5.74, 6) is 0. The zero-order valence-electron chi connectivity index (χ0n) is 7.32. The minimum Gasteiger partial charge on any atom is -0.329 e. The molecule has 2 aliphatic rings. The summed E-state index contributed by atoms with van der Waals surface area (Å²) in [5.41, 5.74) is 6.63. The second-order valence-corrected chi connectivity index (χ2v) is 4.36. The molecule has 0 spiro atoms. The first-order valence-electron chi connectivity index (χ1n) is 4.68. The first-order valence-corrected chi connectivity index (χ1v) is 4.68. The molecule has 2 fully saturated rings. The first-order chi connectivity index (χ1) is 5.22. The van der Waals surface area contributed by atoms with E-state index in [1.807, 2.05) is 0 Å². The van der Waals surface area contributed by atoms with Crippen molar-refractivity contribution in [2.24, 2.45) is 11.1 Å². The van der Waals surface area contributed by atoms with Crippen LogP contribution in [0.3, 0.4) is 0 Å². The Labute approximate surface area is 68.5 Å². The third kappa shape index (κ3) is 1.09. The van der Waals surface area contributed by atoms with Crippen molar-refractivity contribution in [1.29, 1.82) is 0 Å². The van der Waals surface area contributed by atoms with Gasteiger partial charge in [0.15, 0.2) is 0 Å². The van der Waals surface area contributed by atoms with Crippen LogP contribution in [-0.2, 0) is 0 Å². The van der Waals surface area contributed by atoms with Gasteiger partial charge in [-0.1, -0.05) is 6.92 Å². The van der Waals surface area contributed by atoms with E-state index in [1.54, 1.807) is 0 Å². The highest BCUT2D eigenvalue weighted by molar-refractivity contribution is 5.18. The zero-order chi connectivity index (χ0) is 7.95. The van der Waals surface area contributed by atoms with Gasteiger partial charge >= 0.3 is 0 Å². The molecule has 0 atom stereocenters. The van der Waals surface area contributed by atoms with E-state index in [-0.39, 0.29) is 0 Å². The molecule has 0 unspecified atom stereocenters. The van der Waals surface area contributed by atoms with Gasteiger partial charge in [-0.25, -0.2) is 0 Å². The smallest absolute Gasteiger partial charge is 0.0237 e. The topological polar surface area (TPSA) is 38.0 Å². The number of nitrogens with one attached hydrogen (secondary N) is 1. The van der Waals surface area contributed by atoms with Crippen molar-refractivity contribution in [2.45, 2.75) is 38.1 Å². The van der Waals surface area contributed by atoms with Crippen LogP contribution in [-0.4, -0.2) is 18.6 Å². The fourth-order valence-corrected chi connectivity index (χ4v) is 2.10. The van der Waals surface area contributed by atoms with Crippen LogP contribution in [0.2, 0.25) is 0 Å². The summed E-state index contributed by atoms with van der Waals surface area (Å²) in [6, 6.07) is 0. The fraction of sp³-hybridized carbons (Fsp3) is 1.00. The SMILES string of the molecule is CC1(C2(NCCN)CC2)CC1. The van der Waals surface area contributed by atoms with Crippen molar-refractivity contribution in [3.05, 3.63) is 0 Å². The van der Waals surface area contributed by atoms with Crippen molar-refractivity contribution in [2.75, 3.05) is 13.1 Å². The molecule has 0 aromatic carbocycles. The van der Waals surface area contributed by atoms with E-state index in [4.69, 9.17) is 5.73 Å².